The van der Waals surface area contributed by atoms with Gasteiger partial charge in [0.15, 0.2) is 0 Å². The Balaban J connectivity index is 1.97. The third-order valence-corrected chi connectivity index (χ3v) is 5.86. The average molecular weight is 406 g/mol. The summed E-state index contributed by atoms with van der Waals surface area (Å²) < 4.78 is 4.92. The summed E-state index contributed by atoms with van der Waals surface area (Å²) in [5.74, 6) is -0.586. The monoisotopic (exact) mass is 405 g/mol. The fourth-order valence-electron chi connectivity index (χ4n) is 4.09. The van der Waals surface area contributed by atoms with Crippen molar-refractivity contribution in [3.8, 4) is 0 Å². The molecule has 0 bridgehead atoms. The minimum absolute atomic E-state index is 0.0660. The Labute approximate surface area is 170 Å². The van der Waals surface area contributed by atoms with Crippen molar-refractivity contribution < 1.29 is 14.3 Å². The van der Waals surface area contributed by atoms with Crippen LogP contribution < -0.4 is 4.90 Å². The number of H-pyrrole nitrogens is 1. The van der Waals surface area contributed by atoms with Crippen molar-refractivity contribution in [3.05, 3.63) is 28.9 Å². The van der Waals surface area contributed by atoms with Crippen LogP contribution >= 0.6 is 11.6 Å². The molecule has 0 saturated carbocycles. The highest BCUT2D eigenvalue weighted by molar-refractivity contribution is 6.31. The largest absolute Gasteiger partial charge is 0.464 e. The van der Waals surface area contributed by atoms with Crippen LogP contribution in [0.4, 0.5) is 5.69 Å². The number of amides is 1. The van der Waals surface area contributed by atoms with E-state index >= 15 is 0 Å². The van der Waals surface area contributed by atoms with Crippen LogP contribution in [0.15, 0.2) is 18.2 Å². The van der Waals surface area contributed by atoms with E-state index in [1.165, 1.54) is 7.11 Å². The van der Waals surface area contributed by atoms with Crippen LogP contribution in [-0.4, -0.2) is 55.0 Å². The van der Waals surface area contributed by atoms with Gasteiger partial charge >= 0.3 is 5.97 Å². The van der Waals surface area contributed by atoms with Gasteiger partial charge in [0.1, 0.15) is 5.69 Å². The lowest BCUT2D eigenvalue weighted by Crippen LogP contribution is -2.51. The number of benzene rings is 1. The summed E-state index contributed by atoms with van der Waals surface area (Å²) >= 11 is 6.17. The Morgan fingerprint density at radius 2 is 2.07 bits per heavy atom. The number of ether oxygens (including phenoxy) is 1. The molecule has 1 N–H and O–H groups in total. The number of rotatable bonds is 4. The Morgan fingerprint density at radius 1 is 1.36 bits per heavy atom. The Hall–Kier alpha value is -2.05. The SMILES string of the molecule is COC(=O)c1[nH]c2ccc(Cl)cc2c1N(C)C(=O)[C@H](C)N1CCCC(C)(C)C1. The van der Waals surface area contributed by atoms with Crippen LogP contribution in [0.2, 0.25) is 5.02 Å². The van der Waals surface area contributed by atoms with Crippen LogP contribution in [0.1, 0.15) is 44.1 Å². The Kier molecular flexibility index (Phi) is 5.73. The number of anilines is 1. The van der Waals surface area contributed by atoms with Crippen LogP contribution in [0.5, 0.6) is 0 Å². The van der Waals surface area contributed by atoms with E-state index in [-0.39, 0.29) is 23.1 Å². The number of piperidine rings is 1. The number of nitrogens with one attached hydrogen (secondary N) is 1. The highest BCUT2D eigenvalue weighted by Crippen LogP contribution is 2.34. The average Bonchev–Trinajstić information content (AvgIpc) is 3.03. The minimum atomic E-state index is -0.520. The molecule has 2 heterocycles. The smallest absolute Gasteiger partial charge is 0.356 e. The number of aromatic nitrogens is 1. The molecule has 1 aromatic carbocycles. The summed E-state index contributed by atoms with van der Waals surface area (Å²) in [6, 6.07) is 5.00. The van der Waals surface area contributed by atoms with Crippen molar-refractivity contribution in [2.75, 3.05) is 32.1 Å². The van der Waals surface area contributed by atoms with Crippen molar-refractivity contribution >= 4 is 40.1 Å². The molecule has 2 aromatic rings. The molecule has 1 aliphatic rings. The Morgan fingerprint density at radius 3 is 2.71 bits per heavy atom. The van der Waals surface area contributed by atoms with Crippen LogP contribution in [-0.2, 0) is 9.53 Å². The highest BCUT2D eigenvalue weighted by atomic mass is 35.5. The van der Waals surface area contributed by atoms with E-state index in [0.29, 0.717) is 10.7 Å². The molecule has 7 heteroatoms. The van der Waals surface area contributed by atoms with Crippen LogP contribution in [0.3, 0.4) is 0 Å². The molecule has 3 rings (SSSR count). The van der Waals surface area contributed by atoms with Crippen molar-refractivity contribution in [1.82, 2.24) is 9.88 Å². The van der Waals surface area contributed by atoms with E-state index in [0.717, 1.165) is 36.8 Å². The zero-order valence-electron chi connectivity index (χ0n) is 17.1. The molecule has 1 aromatic heterocycles. The molecule has 1 amide bonds. The number of carbonyl (C=O) groups is 2. The van der Waals surface area contributed by atoms with Gasteiger partial charge in [-0.15, -0.1) is 0 Å². The number of hydrogen-bond acceptors (Lipinski definition) is 4. The van der Waals surface area contributed by atoms with Crippen molar-refractivity contribution in [3.63, 3.8) is 0 Å². The van der Waals surface area contributed by atoms with Gasteiger partial charge in [0.2, 0.25) is 5.91 Å². The number of carbonyl (C=O) groups excluding carboxylic acids is 2. The predicted molar refractivity (Wildman–Crippen MR) is 112 cm³/mol. The van der Waals surface area contributed by atoms with Gasteiger partial charge in [-0.3, -0.25) is 9.69 Å². The maximum atomic E-state index is 13.3. The van der Waals surface area contributed by atoms with E-state index in [2.05, 4.69) is 23.7 Å². The molecule has 1 atom stereocenters. The van der Waals surface area contributed by atoms with Crippen molar-refractivity contribution in [2.45, 2.75) is 39.7 Å². The lowest BCUT2D eigenvalue weighted by molar-refractivity contribution is -0.124. The standard InChI is InChI=1S/C21H28ClN3O3/c1-13(25-10-6-9-21(2,3)12-25)19(26)24(4)18-15-11-14(22)7-8-16(15)23-17(18)20(27)28-5/h7-8,11,13,23H,6,9-10,12H2,1-5H3/t13-/m0/s1. The van der Waals surface area contributed by atoms with Gasteiger partial charge in [-0.05, 0) is 49.9 Å². The number of aromatic amines is 1. The van der Waals surface area contributed by atoms with Gasteiger partial charge in [0, 0.05) is 29.5 Å². The number of esters is 1. The number of nitrogens with zero attached hydrogens (tertiary/aromatic N) is 2. The number of methoxy groups -OCH3 is 1. The lowest BCUT2D eigenvalue weighted by atomic mass is 9.83. The van der Waals surface area contributed by atoms with E-state index in [9.17, 15) is 9.59 Å². The summed E-state index contributed by atoms with van der Waals surface area (Å²) in [6.45, 7) is 8.17. The predicted octanol–water partition coefficient (Wildman–Crippen LogP) is 4.08. The summed E-state index contributed by atoms with van der Waals surface area (Å²) in [5.41, 5.74) is 1.67. The van der Waals surface area contributed by atoms with Gasteiger partial charge in [-0.1, -0.05) is 25.4 Å². The van der Waals surface area contributed by atoms with E-state index in [4.69, 9.17) is 16.3 Å². The second-order valence-corrected chi connectivity index (χ2v) is 8.78. The first-order valence-electron chi connectivity index (χ1n) is 9.56. The first-order chi connectivity index (χ1) is 13.1. The summed E-state index contributed by atoms with van der Waals surface area (Å²) in [7, 11) is 3.02. The van der Waals surface area contributed by atoms with Crippen molar-refractivity contribution in [1.29, 1.82) is 0 Å². The minimum Gasteiger partial charge on any atom is -0.464 e. The lowest BCUT2D eigenvalue weighted by Gasteiger charge is -2.41. The molecule has 28 heavy (non-hydrogen) atoms. The molecule has 0 radical (unpaired) electrons. The fraction of sp³-hybridized carbons (Fsp3) is 0.524. The molecule has 0 aliphatic carbocycles. The maximum Gasteiger partial charge on any atom is 0.356 e. The van der Waals surface area contributed by atoms with Gasteiger partial charge in [0.05, 0.1) is 18.8 Å². The van der Waals surface area contributed by atoms with E-state index in [1.54, 1.807) is 30.1 Å². The number of likely N-dealkylation sites (N-methyl/N-ethyl adjacent to an activating group) is 1. The normalized spacial score (nSPS) is 18.1. The summed E-state index contributed by atoms with van der Waals surface area (Å²) in [6.07, 6.45) is 2.23. The topological polar surface area (TPSA) is 65.6 Å². The fourth-order valence-corrected chi connectivity index (χ4v) is 4.27. The molecule has 0 unspecified atom stereocenters. The molecule has 0 spiro atoms. The first kappa shape index (κ1) is 20.7. The molecule has 1 saturated heterocycles. The number of likely N-dealkylation sites (tertiary alicyclic amines) is 1. The number of fused-ring (bicyclic) bond motifs is 1. The summed E-state index contributed by atoms with van der Waals surface area (Å²) in [4.78, 5) is 32.5. The molecule has 6 nitrogen and oxygen atoms in total. The zero-order chi connectivity index (χ0) is 20.6. The highest BCUT2D eigenvalue weighted by Gasteiger charge is 2.34. The number of hydrogen-bond donors (Lipinski definition) is 1. The second kappa shape index (κ2) is 7.76. The maximum absolute atomic E-state index is 13.3. The molecule has 1 fully saturated rings. The van der Waals surface area contributed by atoms with Gasteiger partial charge in [-0.2, -0.15) is 0 Å². The van der Waals surface area contributed by atoms with Crippen molar-refractivity contribution in [2.24, 2.45) is 5.41 Å². The van der Waals surface area contributed by atoms with Gasteiger partial charge in [-0.25, -0.2) is 4.79 Å². The third-order valence-electron chi connectivity index (χ3n) is 5.62. The second-order valence-electron chi connectivity index (χ2n) is 8.34. The number of halogens is 1. The quantitative estimate of drug-likeness (QED) is 0.778. The molecular weight excluding hydrogens is 378 g/mol. The van der Waals surface area contributed by atoms with Gasteiger partial charge < -0.3 is 14.6 Å². The first-order valence-corrected chi connectivity index (χ1v) is 9.93. The van der Waals surface area contributed by atoms with Crippen LogP contribution in [0.25, 0.3) is 10.9 Å². The molecule has 1 aliphatic heterocycles. The Bertz CT molecular complexity index is 906. The van der Waals surface area contributed by atoms with Gasteiger partial charge in [0.25, 0.3) is 0 Å². The van der Waals surface area contributed by atoms with E-state index < -0.39 is 5.97 Å². The zero-order valence-corrected chi connectivity index (χ0v) is 17.9. The van der Waals surface area contributed by atoms with E-state index in [1.807, 2.05) is 6.92 Å². The van der Waals surface area contributed by atoms with Crippen LogP contribution in [0, 0.1) is 5.41 Å². The third kappa shape index (κ3) is 3.89. The summed E-state index contributed by atoms with van der Waals surface area (Å²) in [5, 5.41) is 1.26. The molecule has 152 valence electrons. The molecular formula is C21H28ClN3O3.